The Morgan fingerprint density at radius 3 is 3.07 bits per heavy atom. The molecule has 1 unspecified atom stereocenters. The van der Waals surface area contributed by atoms with Crippen LogP contribution in [0.15, 0.2) is 29.1 Å². The third-order valence-electron chi connectivity index (χ3n) is 2.41. The quantitative estimate of drug-likeness (QED) is 0.654. The Hall–Kier alpha value is -1.75. The van der Waals surface area contributed by atoms with E-state index in [-0.39, 0.29) is 11.7 Å². The molecular formula is C10H9N3O2. The van der Waals surface area contributed by atoms with Crippen molar-refractivity contribution in [1.29, 1.82) is 0 Å². The Kier molecular flexibility index (Phi) is 1.78. The molecule has 1 aliphatic rings. The Morgan fingerprint density at radius 1 is 1.47 bits per heavy atom. The zero-order valence-corrected chi connectivity index (χ0v) is 7.96. The molecule has 15 heavy (non-hydrogen) atoms. The maximum absolute atomic E-state index is 11.9. The van der Waals surface area contributed by atoms with Crippen molar-refractivity contribution >= 4 is 10.9 Å². The lowest BCUT2D eigenvalue weighted by atomic mass is 10.2. The van der Waals surface area contributed by atoms with Gasteiger partial charge in [0, 0.05) is 0 Å². The van der Waals surface area contributed by atoms with E-state index in [1.165, 1.54) is 4.68 Å². The van der Waals surface area contributed by atoms with Crippen LogP contribution in [0.3, 0.4) is 0 Å². The highest BCUT2D eigenvalue weighted by Crippen LogP contribution is 2.10. The minimum atomic E-state index is -0.101. The van der Waals surface area contributed by atoms with Gasteiger partial charge in [-0.3, -0.25) is 4.79 Å². The van der Waals surface area contributed by atoms with E-state index < -0.39 is 0 Å². The Balaban J connectivity index is 2.15. The minimum absolute atomic E-state index is 0.101. The van der Waals surface area contributed by atoms with Crippen LogP contribution in [0.1, 0.15) is 0 Å². The number of benzene rings is 1. The molecule has 0 saturated carbocycles. The number of hydrogen-bond donors (Lipinski definition) is 0. The topological polar surface area (TPSA) is 60.3 Å². The highest BCUT2D eigenvalue weighted by Gasteiger charge is 2.24. The average molecular weight is 203 g/mol. The van der Waals surface area contributed by atoms with Crippen LogP contribution in [-0.2, 0) is 11.3 Å². The highest BCUT2D eigenvalue weighted by molar-refractivity contribution is 5.76. The number of fused-ring (bicyclic) bond motifs is 1. The van der Waals surface area contributed by atoms with E-state index >= 15 is 0 Å². The van der Waals surface area contributed by atoms with Gasteiger partial charge in [-0.15, -0.1) is 5.10 Å². The molecule has 5 heteroatoms. The van der Waals surface area contributed by atoms with E-state index in [0.29, 0.717) is 24.1 Å². The summed E-state index contributed by atoms with van der Waals surface area (Å²) >= 11 is 0. The van der Waals surface area contributed by atoms with Gasteiger partial charge in [0.2, 0.25) is 0 Å². The predicted molar refractivity (Wildman–Crippen MR) is 53.5 cm³/mol. The summed E-state index contributed by atoms with van der Waals surface area (Å²) in [6, 6.07) is 7.20. The molecule has 1 saturated heterocycles. The molecule has 1 aliphatic heterocycles. The van der Waals surface area contributed by atoms with Crippen LogP contribution in [-0.4, -0.2) is 27.7 Å². The summed E-state index contributed by atoms with van der Waals surface area (Å²) in [5.74, 6) is 0. The fourth-order valence-electron chi connectivity index (χ4n) is 1.51. The van der Waals surface area contributed by atoms with Crippen LogP contribution < -0.4 is 5.56 Å². The van der Waals surface area contributed by atoms with Gasteiger partial charge in [-0.25, -0.2) is 4.68 Å². The number of rotatable bonds is 2. The van der Waals surface area contributed by atoms with Crippen LogP contribution in [0.5, 0.6) is 0 Å². The summed E-state index contributed by atoms with van der Waals surface area (Å²) in [6.45, 7) is 1.21. The van der Waals surface area contributed by atoms with E-state index in [2.05, 4.69) is 10.3 Å². The molecule has 1 fully saturated rings. The molecule has 0 N–H and O–H groups in total. The molecule has 0 amide bonds. The molecule has 1 atom stereocenters. The minimum Gasteiger partial charge on any atom is -0.371 e. The van der Waals surface area contributed by atoms with E-state index in [4.69, 9.17) is 4.74 Å². The maximum Gasteiger partial charge on any atom is 0.277 e. The van der Waals surface area contributed by atoms with Gasteiger partial charge in [-0.2, -0.15) is 0 Å². The molecule has 2 aromatic rings. The zero-order valence-electron chi connectivity index (χ0n) is 7.96. The lowest BCUT2D eigenvalue weighted by Gasteiger charge is -2.01. The summed E-state index contributed by atoms with van der Waals surface area (Å²) in [7, 11) is 0. The first kappa shape index (κ1) is 8.55. The molecule has 1 aromatic carbocycles. The van der Waals surface area contributed by atoms with Crippen LogP contribution >= 0.6 is 0 Å². The predicted octanol–water partition coefficient (Wildman–Crippen LogP) is 0.190. The molecule has 76 valence electrons. The third kappa shape index (κ3) is 1.50. The van der Waals surface area contributed by atoms with Crippen LogP contribution in [0.2, 0.25) is 0 Å². The maximum atomic E-state index is 11.9. The Morgan fingerprint density at radius 2 is 2.27 bits per heavy atom. The van der Waals surface area contributed by atoms with Crippen molar-refractivity contribution in [2.45, 2.75) is 12.6 Å². The van der Waals surface area contributed by atoms with Gasteiger partial charge in [0.1, 0.15) is 11.6 Å². The van der Waals surface area contributed by atoms with Gasteiger partial charge in [-0.05, 0) is 12.1 Å². The molecule has 2 heterocycles. The number of hydrogen-bond acceptors (Lipinski definition) is 4. The van der Waals surface area contributed by atoms with Crippen LogP contribution in [0.4, 0.5) is 0 Å². The van der Waals surface area contributed by atoms with Crippen molar-refractivity contribution in [2.24, 2.45) is 0 Å². The molecule has 3 rings (SSSR count). The second-order valence-electron chi connectivity index (χ2n) is 3.55. The van der Waals surface area contributed by atoms with Crippen molar-refractivity contribution in [1.82, 2.24) is 15.0 Å². The first-order chi connectivity index (χ1) is 7.34. The van der Waals surface area contributed by atoms with E-state index in [9.17, 15) is 4.79 Å². The molecule has 1 aromatic heterocycles. The highest BCUT2D eigenvalue weighted by atomic mass is 16.6. The van der Waals surface area contributed by atoms with E-state index in [1.54, 1.807) is 12.1 Å². The van der Waals surface area contributed by atoms with E-state index in [1.807, 2.05) is 12.1 Å². The van der Waals surface area contributed by atoms with Gasteiger partial charge < -0.3 is 4.74 Å². The Labute approximate surface area is 85.3 Å². The normalized spacial score (nSPS) is 19.3. The lowest BCUT2D eigenvalue weighted by molar-refractivity contribution is 0.365. The number of aromatic nitrogens is 3. The van der Waals surface area contributed by atoms with Gasteiger partial charge in [0.25, 0.3) is 5.56 Å². The molecular weight excluding hydrogens is 194 g/mol. The largest absolute Gasteiger partial charge is 0.371 e. The van der Waals surface area contributed by atoms with Gasteiger partial charge in [-0.1, -0.05) is 17.3 Å². The summed E-state index contributed by atoms with van der Waals surface area (Å²) in [5.41, 5.74) is 0.534. The fourth-order valence-corrected chi connectivity index (χ4v) is 1.51. The van der Waals surface area contributed by atoms with Crippen molar-refractivity contribution in [3.63, 3.8) is 0 Å². The van der Waals surface area contributed by atoms with Crippen LogP contribution in [0.25, 0.3) is 10.9 Å². The second kappa shape index (κ2) is 3.13. The van der Waals surface area contributed by atoms with Gasteiger partial charge in [0.05, 0.1) is 18.5 Å². The SMILES string of the molecule is O=c1c2ccccc2nnn1CC1CO1. The smallest absolute Gasteiger partial charge is 0.277 e. The first-order valence-electron chi connectivity index (χ1n) is 4.79. The third-order valence-corrected chi connectivity index (χ3v) is 2.41. The van der Waals surface area contributed by atoms with Crippen molar-refractivity contribution in [3.05, 3.63) is 34.6 Å². The summed E-state index contributed by atoms with van der Waals surface area (Å²) < 4.78 is 6.41. The van der Waals surface area contributed by atoms with Crippen molar-refractivity contribution < 1.29 is 4.74 Å². The van der Waals surface area contributed by atoms with Gasteiger partial charge in [0.15, 0.2) is 0 Å². The lowest BCUT2D eigenvalue weighted by Crippen LogP contribution is -2.26. The molecule has 5 nitrogen and oxygen atoms in total. The average Bonchev–Trinajstić information content (AvgIpc) is 3.07. The number of nitrogens with zero attached hydrogens (tertiary/aromatic N) is 3. The standard InChI is InChI=1S/C10H9N3O2/c14-10-8-3-1-2-4-9(8)11-12-13(10)5-7-6-15-7/h1-4,7H,5-6H2. The van der Waals surface area contributed by atoms with Crippen LogP contribution in [0, 0.1) is 0 Å². The monoisotopic (exact) mass is 203 g/mol. The van der Waals surface area contributed by atoms with Gasteiger partial charge >= 0.3 is 0 Å². The van der Waals surface area contributed by atoms with E-state index in [0.717, 1.165) is 0 Å². The summed E-state index contributed by atoms with van der Waals surface area (Å²) in [6.07, 6.45) is 0.137. The molecule has 0 aliphatic carbocycles. The number of ether oxygens (including phenoxy) is 1. The fraction of sp³-hybridized carbons (Fsp3) is 0.300. The van der Waals surface area contributed by atoms with Crippen molar-refractivity contribution in [2.75, 3.05) is 6.61 Å². The summed E-state index contributed by atoms with van der Waals surface area (Å²) in [5, 5.41) is 8.45. The second-order valence-corrected chi connectivity index (χ2v) is 3.55. The summed E-state index contributed by atoms with van der Waals surface area (Å²) in [4.78, 5) is 11.9. The molecule has 0 spiro atoms. The Bertz CT molecular complexity index is 560. The zero-order chi connectivity index (χ0) is 10.3. The molecule has 0 bridgehead atoms. The molecule has 0 radical (unpaired) electrons. The number of epoxide rings is 1. The van der Waals surface area contributed by atoms with Crippen molar-refractivity contribution in [3.8, 4) is 0 Å². The first-order valence-corrected chi connectivity index (χ1v) is 4.79.